The quantitative estimate of drug-likeness (QED) is 0.527. The average Bonchev–Trinajstić information content (AvgIpc) is 2.99. The molecule has 1 aromatic heterocycles. The summed E-state index contributed by atoms with van der Waals surface area (Å²) in [6, 6.07) is 15.3. The maximum absolute atomic E-state index is 12.8. The van der Waals surface area contributed by atoms with Crippen LogP contribution in [-0.2, 0) is 25.6 Å². The average molecular weight is 398 g/mol. The van der Waals surface area contributed by atoms with Gasteiger partial charge in [0.1, 0.15) is 0 Å². The molecule has 2 atom stereocenters. The molecule has 0 amide bonds. The van der Waals surface area contributed by atoms with Gasteiger partial charge in [0.05, 0.1) is 5.56 Å². The lowest BCUT2D eigenvalue weighted by Crippen LogP contribution is -2.44. The molecule has 2 aliphatic heterocycles. The van der Waals surface area contributed by atoms with Crippen LogP contribution in [0.5, 0.6) is 0 Å². The second-order valence-corrected chi connectivity index (χ2v) is 8.44. The van der Waals surface area contributed by atoms with Crippen molar-refractivity contribution < 1.29 is 13.2 Å². The van der Waals surface area contributed by atoms with Gasteiger partial charge in [0.15, 0.2) is 0 Å². The third-order valence-corrected chi connectivity index (χ3v) is 6.87. The highest BCUT2D eigenvalue weighted by Crippen LogP contribution is 2.45. The summed E-state index contributed by atoms with van der Waals surface area (Å²) in [6.07, 6.45) is 1.24. The lowest BCUT2D eigenvalue weighted by atomic mass is 9.82. The van der Waals surface area contributed by atoms with E-state index in [-0.39, 0.29) is 0 Å². The second-order valence-electron chi connectivity index (χ2n) is 8.44. The third-order valence-electron chi connectivity index (χ3n) is 6.87. The van der Waals surface area contributed by atoms with E-state index in [1.165, 1.54) is 53.6 Å². The lowest BCUT2D eigenvalue weighted by molar-refractivity contribution is -0.137. The fourth-order valence-electron chi connectivity index (χ4n) is 5.36. The summed E-state index contributed by atoms with van der Waals surface area (Å²) in [5.41, 5.74) is 4.53. The number of rotatable bonds is 3. The van der Waals surface area contributed by atoms with Gasteiger partial charge in [-0.05, 0) is 62.1 Å². The number of hydrogen-bond acceptors (Lipinski definition) is 1. The predicted octanol–water partition coefficient (Wildman–Crippen LogP) is 5.98. The van der Waals surface area contributed by atoms with Crippen molar-refractivity contribution in [2.24, 2.45) is 0 Å². The highest BCUT2D eigenvalue weighted by molar-refractivity contribution is 5.86. The normalized spacial score (nSPS) is 22.1. The van der Waals surface area contributed by atoms with E-state index in [9.17, 15) is 13.2 Å². The van der Waals surface area contributed by atoms with Gasteiger partial charge < -0.3 is 4.57 Å². The van der Waals surface area contributed by atoms with Gasteiger partial charge in [0.2, 0.25) is 0 Å². The number of halogens is 3. The smallest absolute Gasteiger partial charge is 0.344 e. The fraction of sp³-hybridized carbons (Fsp3) is 0.417. The topological polar surface area (TPSA) is 8.17 Å². The van der Waals surface area contributed by atoms with Crippen molar-refractivity contribution in [3.05, 3.63) is 70.9 Å². The molecule has 0 N–H and O–H groups in total. The molecule has 0 saturated carbocycles. The van der Waals surface area contributed by atoms with Crippen LogP contribution in [0.3, 0.4) is 0 Å². The Kier molecular flexibility index (Phi) is 4.46. The maximum atomic E-state index is 12.8. The molecule has 2 aliphatic rings. The van der Waals surface area contributed by atoms with Gasteiger partial charge in [-0.3, -0.25) is 4.90 Å². The molecule has 1 fully saturated rings. The largest absolute Gasteiger partial charge is 0.416 e. The van der Waals surface area contributed by atoms with E-state index in [1.807, 2.05) is 0 Å². The number of likely N-dealkylation sites (N-methyl/N-ethyl adjacent to an activating group) is 1. The van der Waals surface area contributed by atoms with Crippen LogP contribution in [0, 0.1) is 0 Å². The minimum absolute atomic E-state index is 0.481. The highest BCUT2D eigenvalue weighted by Gasteiger charge is 2.38. The van der Waals surface area contributed by atoms with E-state index in [1.54, 1.807) is 12.1 Å². The van der Waals surface area contributed by atoms with Crippen molar-refractivity contribution in [3.8, 4) is 0 Å². The maximum Gasteiger partial charge on any atom is 0.416 e. The summed E-state index contributed by atoms with van der Waals surface area (Å²) in [5.74, 6) is 0. The van der Waals surface area contributed by atoms with Crippen LogP contribution < -0.4 is 0 Å². The fourth-order valence-corrected chi connectivity index (χ4v) is 5.36. The van der Waals surface area contributed by atoms with Gasteiger partial charge in [-0.2, -0.15) is 13.2 Å². The number of nitrogens with zero attached hydrogens (tertiary/aromatic N) is 2. The lowest BCUT2D eigenvalue weighted by Gasteiger charge is -2.44. The first kappa shape index (κ1) is 18.7. The Balaban J connectivity index is 1.49. The van der Waals surface area contributed by atoms with Gasteiger partial charge in [0, 0.05) is 41.6 Å². The first-order chi connectivity index (χ1) is 13.9. The number of fused-ring (bicyclic) bond motifs is 6. The van der Waals surface area contributed by atoms with Crippen molar-refractivity contribution in [3.63, 3.8) is 0 Å². The molecule has 0 spiro atoms. The molecule has 2 unspecified atom stereocenters. The summed E-state index contributed by atoms with van der Waals surface area (Å²) in [6.45, 7) is 0.796. The summed E-state index contributed by atoms with van der Waals surface area (Å²) >= 11 is 0. The van der Waals surface area contributed by atoms with Crippen LogP contribution in [0.25, 0.3) is 10.9 Å². The summed E-state index contributed by atoms with van der Waals surface area (Å²) in [7, 11) is 2.26. The van der Waals surface area contributed by atoms with Crippen LogP contribution in [0.15, 0.2) is 48.5 Å². The van der Waals surface area contributed by atoms with E-state index >= 15 is 0 Å². The zero-order chi connectivity index (χ0) is 20.2. The molecule has 1 saturated heterocycles. The second kappa shape index (κ2) is 6.91. The van der Waals surface area contributed by atoms with Crippen molar-refractivity contribution >= 4 is 10.9 Å². The number of benzene rings is 2. The Hall–Kier alpha value is -2.27. The molecule has 2 aromatic carbocycles. The molecule has 3 heterocycles. The Morgan fingerprint density at radius 3 is 2.52 bits per heavy atom. The number of aryl methyl sites for hydroxylation is 2. The standard InChI is InChI=1S/C24H25F3N2/c1-28-18-5-4-8-21(28)23-19-6-2-3-7-20(19)29(22(23)15-18)14-13-16-9-11-17(12-10-16)24(25,26)27/h2-3,6-7,9-12,18,21H,4-5,8,13-15H2,1H3. The molecule has 152 valence electrons. The minimum atomic E-state index is -4.28. The van der Waals surface area contributed by atoms with Crippen LogP contribution in [0.4, 0.5) is 13.2 Å². The predicted molar refractivity (Wildman–Crippen MR) is 109 cm³/mol. The number of hydrogen-bond donors (Lipinski definition) is 0. The summed E-state index contributed by atoms with van der Waals surface area (Å²) < 4.78 is 40.9. The van der Waals surface area contributed by atoms with Gasteiger partial charge in [0.25, 0.3) is 0 Å². The monoisotopic (exact) mass is 398 g/mol. The zero-order valence-electron chi connectivity index (χ0n) is 16.5. The Morgan fingerprint density at radius 1 is 1.00 bits per heavy atom. The minimum Gasteiger partial charge on any atom is -0.344 e. The Bertz CT molecular complexity index is 1030. The van der Waals surface area contributed by atoms with Crippen molar-refractivity contribution in [2.45, 2.75) is 56.9 Å². The van der Waals surface area contributed by atoms with Crippen molar-refractivity contribution in [1.29, 1.82) is 0 Å². The first-order valence-electron chi connectivity index (χ1n) is 10.4. The molecule has 0 radical (unpaired) electrons. The van der Waals surface area contributed by atoms with E-state index in [4.69, 9.17) is 0 Å². The Morgan fingerprint density at radius 2 is 1.76 bits per heavy atom. The molecular formula is C24H25F3N2. The number of piperidine rings is 1. The van der Waals surface area contributed by atoms with Crippen molar-refractivity contribution in [1.82, 2.24) is 9.47 Å². The van der Waals surface area contributed by atoms with E-state index in [2.05, 4.69) is 40.8 Å². The van der Waals surface area contributed by atoms with Crippen LogP contribution in [0.2, 0.25) is 0 Å². The summed E-state index contributed by atoms with van der Waals surface area (Å²) in [5, 5.41) is 1.34. The van der Waals surface area contributed by atoms with Crippen LogP contribution in [0.1, 0.15) is 47.7 Å². The SMILES string of the molecule is CN1C2CCCC1c1c(n(CCc3ccc(C(F)(F)F)cc3)c3ccccc13)C2. The Labute approximate surface area is 168 Å². The number of para-hydroxylation sites is 1. The third kappa shape index (κ3) is 3.16. The van der Waals surface area contributed by atoms with Crippen LogP contribution in [-0.4, -0.2) is 22.6 Å². The number of alkyl halides is 3. The molecule has 0 aliphatic carbocycles. The molecule has 5 rings (SSSR count). The van der Waals surface area contributed by atoms with Gasteiger partial charge >= 0.3 is 6.18 Å². The molecular weight excluding hydrogens is 373 g/mol. The summed E-state index contributed by atoms with van der Waals surface area (Å²) in [4.78, 5) is 2.55. The number of aromatic nitrogens is 1. The molecule has 29 heavy (non-hydrogen) atoms. The molecule has 3 aromatic rings. The molecule has 2 nitrogen and oxygen atoms in total. The van der Waals surface area contributed by atoms with E-state index < -0.39 is 11.7 Å². The molecule has 5 heteroatoms. The van der Waals surface area contributed by atoms with Gasteiger partial charge in [-0.25, -0.2) is 0 Å². The van der Waals surface area contributed by atoms with E-state index in [0.717, 1.165) is 24.9 Å². The zero-order valence-corrected chi connectivity index (χ0v) is 16.5. The molecule has 2 bridgehead atoms. The van der Waals surface area contributed by atoms with Crippen LogP contribution >= 0.6 is 0 Å². The van der Waals surface area contributed by atoms with E-state index in [0.29, 0.717) is 12.1 Å². The van der Waals surface area contributed by atoms with Gasteiger partial charge in [-0.1, -0.05) is 30.3 Å². The van der Waals surface area contributed by atoms with Gasteiger partial charge in [-0.15, -0.1) is 0 Å². The highest BCUT2D eigenvalue weighted by atomic mass is 19.4. The first-order valence-corrected chi connectivity index (χ1v) is 10.4. The van der Waals surface area contributed by atoms with Crippen molar-refractivity contribution in [2.75, 3.05) is 7.05 Å².